The van der Waals surface area contributed by atoms with Crippen molar-refractivity contribution >= 4 is 34.5 Å². The summed E-state index contributed by atoms with van der Waals surface area (Å²) in [5.74, 6) is -0.0870. The highest BCUT2D eigenvalue weighted by atomic mass is 32.1. The molecule has 0 spiro atoms. The lowest BCUT2D eigenvalue weighted by Gasteiger charge is -2.32. The Morgan fingerprint density at radius 1 is 1.19 bits per heavy atom. The molecule has 2 N–H and O–H groups in total. The molecule has 190 valence electrons. The molecule has 1 saturated heterocycles. The SMILES string of the molecule is CC(C)CCN(C(=O)NC1(C#N)CC1)C(=O)c1ccc(-c2csc(N3CCN(C(=O)O)CC3)n2)cc1. The Morgan fingerprint density at radius 2 is 1.86 bits per heavy atom. The van der Waals surface area contributed by atoms with Gasteiger partial charge in [0.2, 0.25) is 0 Å². The van der Waals surface area contributed by atoms with Crippen LogP contribution in [0.5, 0.6) is 0 Å². The summed E-state index contributed by atoms with van der Waals surface area (Å²) in [6, 6.07) is 8.60. The van der Waals surface area contributed by atoms with Gasteiger partial charge in [-0.05, 0) is 37.3 Å². The summed E-state index contributed by atoms with van der Waals surface area (Å²) < 4.78 is 0. The quantitative estimate of drug-likeness (QED) is 0.578. The minimum absolute atomic E-state index is 0.274. The zero-order valence-corrected chi connectivity index (χ0v) is 21.3. The molecule has 2 aromatic rings. The minimum Gasteiger partial charge on any atom is -0.465 e. The van der Waals surface area contributed by atoms with E-state index < -0.39 is 23.6 Å². The van der Waals surface area contributed by atoms with E-state index in [9.17, 15) is 19.6 Å². The number of carbonyl (C=O) groups is 3. The van der Waals surface area contributed by atoms with Gasteiger partial charge in [0.15, 0.2) is 5.13 Å². The van der Waals surface area contributed by atoms with Crippen LogP contribution in [0.2, 0.25) is 0 Å². The molecule has 0 bridgehead atoms. The summed E-state index contributed by atoms with van der Waals surface area (Å²) in [5, 5.41) is 23.9. The van der Waals surface area contributed by atoms with Crippen LogP contribution >= 0.6 is 11.3 Å². The number of carboxylic acid groups (broad SMARTS) is 1. The van der Waals surface area contributed by atoms with Crippen molar-refractivity contribution in [2.75, 3.05) is 37.6 Å². The number of aromatic nitrogens is 1. The normalized spacial score (nSPS) is 16.4. The fraction of sp³-hybridized carbons (Fsp3) is 0.480. The standard InChI is InChI=1S/C25H30N6O4S/c1-17(2)7-10-31(22(33)28-25(16-26)8-9-25)21(32)19-5-3-18(4-6-19)20-15-36-23(27-20)29-11-13-30(14-12-29)24(34)35/h3-6,15,17H,7-14H2,1-2H3,(H,28,33)(H,34,35). The average molecular weight is 511 g/mol. The maximum atomic E-state index is 13.2. The number of amides is 4. The van der Waals surface area contributed by atoms with E-state index in [1.54, 1.807) is 12.1 Å². The molecule has 4 rings (SSSR count). The van der Waals surface area contributed by atoms with E-state index in [-0.39, 0.29) is 6.54 Å². The van der Waals surface area contributed by atoms with Crippen molar-refractivity contribution in [3.05, 3.63) is 35.2 Å². The van der Waals surface area contributed by atoms with Crippen molar-refractivity contribution in [3.8, 4) is 17.3 Å². The number of thiazole rings is 1. The molecule has 1 aliphatic carbocycles. The lowest BCUT2D eigenvalue weighted by Crippen LogP contribution is -2.48. The first kappa shape index (κ1) is 25.4. The van der Waals surface area contributed by atoms with Gasteiger partial charge in [0, 0.05) is 49.2 Å². The van der Waals surface area contributed by atoms with Crippen LogP contribution < -0.4 is 10.2 Å². The number of carbonyl (C=O) groups excluding carboxylic acids is 2. The lowest BCUT2D eigenvalue weighted by molar-refractivity contribution is 0.0792. The third-order valence-corrected chi connectivity index (χ3v) is 7.37. The number of hydrogen-bond donors (Lipinski definition) is 2. The number of rotatable bonds is 7. The molecule has 10 nitrogen and oxygen atoms in total. The summed E-state index contributed by atoms with van der Waals surface area (Å²) in [6.07, 6.45) is 0.961. The Kier molecular flexibility index (Phi) is 7.45. The second kappa shape index (κ2) is 10.5. The molecular formula is C25H30N6O4S. The van der Waals surface area contributed by atoms with E-state index in [1.165, 1.54) is 21.1 Å². The molecule has 0 atom stereocenters. The predicted molar refractivity (Wildman–Crippen MR) is 136 cm³/mol. The predicted octanol–water partition coefficient (Wildman–Crippen LogP) is 3.86. The summed E-state index contributed by atoms with van der Waals surface area (Å²) in [7, 11) is 0. The highest BCUT2D eigenvalue weighted by molar-refractivity contribution is 7.14. The van der Waals surface area contributed by atoms with Gasteiger partial charge in [-0.3, -0.25) is 9.69 Å². The molecular weight excluding hydrogens is 480 g/mol. The second-order valence-corrected chi connectivity index (χ2v) is 10.4. The number of nitriles is 1. The first-order chi connectivity index (χ1) is 17.2. The number of hydrogen-bond acceptors (Lipinski definition) is 7. The fourth-order valence-electron chi connectivity index (χ4n) is 3.92. The van der Waals surface area contributed by atoms with Crippen molar-refractivity contribution in [1.29, 1.82) is 5.26 Å². The summed E-state index contributed by atoms with van der Waals surface area (Å²) >= 11 is 1.50. The maximum Gasteiger partial charge on any atom is 0.407 e. The van der Waals surface area contributed by atoms with Crippen molar-refractivity contribution in [2.45, 2.75) is 38.6 Å². The fourth-order valence-corrected chi connectivity index (χ4v) is 4.80. The second-order valence-electron chi connectivity index (χ2n) is 9.61. The van der Waals surface area contributed by atoms with Crippen LogP contribution in [-0.4, -0.2) is 76.2 Å². The topological polar surface area (TPSA) is 130 Å². The Morgan fingerprint density at radius 3 is 2.42 bits per heavy atom. The smallest absolute Gasteiger partial charge is 0.407 e. The maximum absolute atomic E-state index is 13.2. The molecule has 2 fully saturated rings. The van der Waals surface area contributed by atoms with Gasteiger partial charge in [0.05, 0.1) is 11.8 Å². The molecule has 1 aromatic carbocycles. The van der Waals surface area contributed by atoms with E-state index in [4.69, 9.17) is 10.1 Å². The van der Waals surface area contributed by atoms with Gasteiger partial charge >= 0.3 is 12.1 Å². The van der Waals surface area contributed by atoms with Gasteiger partial charge in [-0.25, -0.2) is 14.6 Å². The zero-order valence-electron chi connectivity index (χ0n) is 20.4. The van der Waals surface area contributed by atoms with Crippen molar-refractivity contribution in [1.82, 2.24) is 20.1 Å². The van der Waals surface area contributed by atoms with E-state index in [0.717, 1.165) is 16.4 Å². The van der Waals surface area contributed by atoms with E-state index in [1.807, 2.05) is 31.4 Å². The number of nitrogens with zero attached hydrogens (tertiary/aromatic N) is 5. The Balaban J connectivity index is 1.44. The highest BCUT2D eigenvalue weighted by Crippen LogP contribution is 2.34. The number of anilines is 1. The van der Waals surface area contributed by atoms with Crippen LogP contribution in [0.25, 0.3) is 11.3 Å². The largest absolute Gasteiger partial charge is 0.465 e. The third kappa shape index (κ3) is 5.76. The van der Waals surface area contributed by atoms with E-state index in [2.05, 4.69) is 16.3 Å². The van der Waals surface area contributed by atoms with Crippen LogP contribution in [0.1, 0.15) is 43.5 Å². The van der Waals surface area contributed by atoms with Gasteiger partial charge in [0.25, 0.3) is 5.91 Å². The lowest BCUT2D eigenvalue weighted by atomic mass is 10.1. The number of piperazine rings is 1. The molecule has 1 aromatic heterocycles. The van der Waals surface area contributed by atoms with Gasteiger partial charge in [-0.15, -0.1) is 11.3 Å². The van der Waals surface area contributed by atoms with E-state index >= 15 is 0 Å². The molecule has 2 heterocycles. The van der Waals surface area contributed by atoms with Crippen LogP contribution in [0.15, 0.2) is 29.6 Å². The minimum atomic E-state index is -0.901. The molecule has 11 heteroatoms. The Hall–Kier alpha value is -3.65. The number of imide groups is 1. The molecule has 1 saturated carbocycles. The molecule has 4 amide bonds. The molecule has 36 heavy (non-hydrogen) atoms. The Labute approximate surface area is 214 Å². The zero-order chi connectivity index (χ0) is 25.9. The van der Waals surface area contributed by atoms with Gasteiger partial charge in [0.1, 0.15) is 5.54 Å². The molecule has 1 aliphatic heterocycles. The summed E-state index contributed by atoms with van der Waals surface area (Å²) in [5.41, 5.74) is 1.16. The van der Waals surface area contributed by atoms with Gasteiger partial charge < -0.3 is 20.2 Å². The number of urea groups is 1. The molecule has 0 unspecified atom stereocenters. The average Bonchev–Trinajstić information content (AvgIpc) is 3.47. The highest BCUT2D eigenvalue weighted by Gasteiger charge is 2.46. The summed E-state index contributed by atoms with van der Waals surface area (Å²) in [6.45, 7) is 6.40. The third-order valence-electron chi connectivity index (χ3n) is 6.47. The van der Waals surface area contributed by atoms with Crippen LogP contribution in [0.4, 0.5) is 14.7 Å². The van der Waals surface area contributed by atoms with Crippen molar-refractivity contribution in [3.63, 3.8) is 0 Å². The van der Waals surface area contributed by atoms with Crippen molar-refractivity contribution in [2.24, 2.45) is 5.92 Å². The first-order valence-corrected chi connectivity index (χ1v) is 12.9. The van der Waals surface area contributed by atoms with Crippen LogP contribution in [-0.2, 0) is 0 Å². The first-order valence-electron chi connectivity index (χ1n) is 12.1. The summed E-state index contributed by atoms with van der Waals surface area (Å²) in [4.78, 5) is 46.6. The number of nitrogens with one attached hydrogen (secondary N) is 1. The van der Waals surface area contributed by atoms with Crippen LogP contribution in [0, 0.1) is 17.2 Å². The monoisotopic (exact) mass is 510 g/mol. The molecule has 2 aliphatic rings. The van der Waals surface area contributed by atoms with Gasteiger partial charge in [-0.2, -0.15) is 5.26 Å². The number of benzene rings is 1. The molecule has 0 radical (unpaired) electrons. The van der Waals surface area contributed by atoms with E-state index in [0.29, 0.717) is 56.9 Å². The van der Waals surface area contributed by atoms with Gasteiger partial charge in [-0.1, -0.05) is 26.0 Å². The van der Waals surface area contributed by atoms with Crippen LogP contribution in [0.3, 0.4) is 0 Å². The van der Waals surface area contributed by atoms with Crippen molar-refractivity contribution < 1.29 is 19.5 Å². The Bertz CT molecular complexity index is 1160.